The molecule has 3 aromatic rings. The van der Waals surface area contributed by atoms with Crippen molar-refractivity contribution in [2.45, 2.75) is 12.6 Å². The van der Waals surface area contributed by atoms with Gasteiger partial charge in [0.15, 0.2) is 0 Å². The van der Waals surface area contributed by atoms with Crippen LogP contribution < -0.4 is 10.3 Å². The van der Waals surface area contributed by atoms with Gasteiger partial charge in [-0.15, -0.1) is 11.3 Å². The fourth-order valence-electron chi connectivity index (χ4n) is 2.18. The molecule has 0 amide bonds. The average Bonchev–Trinajstić information content (AvgIpc) is 3.05. The van der Waals surface area contributed by atoms with Crippen LogP contribution in [0, 0.1) is 10.1 Å². The molecule has 0 aliphatic rings. The first-order valence-electron chi connectivity index (χ1n) is 7.02. The van der Waals surface area contributed by atoms with Gasteiger partial charge in [0.25, 0.3) is 11.2 Å². The maximum Gasteiger partial charge on any atom is 0.273 e. The number of thiophene rings is 1. The smallest absolute Gasteiger partial charge is 0.273 e. The number of aliphatic hydroxyl groups is 1. The van der Waals surface area contributed by atoms with Crippen LogP contribution in [0.2, 0.25) is 0 Å². The van der Waals surface area contributed by atoms with Gasteiger partial charge in [0.05, 0.1) is 29.2 Å². The summed E-state index contributed by atoms with van der Waals surface area (Å²) in [6, 6.07) is 7.38. The quantitative estimate of drug-likeness (QED) is 0.538. The van der Waals surface area contributed by atoms with Crippen molar-refractivity contribution in [2.75, 3.05) is 6.61 Å². The lowest BCUT2D eigenvalue weighted by molar-refractivity contribution is -0.384. The summed E-state index contributed by atoms with van der Waals surface area (Å²) < 4.78 is 6.67. The molecule has 2 heterocycles. The summed E-state index contributed by atoms with van der Waals surface area (Å²) >= 11 is 1.37. The molecule has 0 bridgehead atoms. The zero-order valence-corrected chi connectivity index (χ0v) is 13.2. The molecule has 0 spiro atoms. The standard InChI is InChI=1S/C15H13N3O5S/c19-11(8-23-12-3-1-2-10(6-12)18(21)22)7-17-9-16-14-13(15(17)20)4-5-24-14/h1-6,9,11,19H,7-8H2/t11-/m1/s1. The van der Waals surface area contributed by atoms with Gasteiger partial charge in [0.2, 0.25) is 0 Å². The number of hydrogen-bond acceptors (Lipinski definition) is 7. The van der Waals surface area contributed by atoms with Crippen LogP contribution in [0.4, 0.5) is 5.69 Å². The lowest BCUT2D eigenvalue weighted by Gasteiger charge is -2.13. The van der Waals surface area contributed by atoms with Crippen LogP contribution in [0.3, 0.4) is 0 Å². The number of nitro groups is 1. The molecule has 0 aliphatic heterocycles. The van der Waals surface area contributed by atoms with Gasteiger partial charge in [0, 0.05) is 6.07 Å². The summed E-state index contributed by atoms with van der Waals surface area (Å²) in [6.07, 6.45) is 0.428. The molecule has 1 atom stereocenters. The Morgan fingerprint density at radius 1 is 1.42 bits per heavy atom. The van der Waals surface area contributed by atoms with E-state index in [1.807, 2.05) is 0 Å². The van der Waals surface area contributed by atoms with Gasteiger partial charge in [-0.25, -0.2) is 4.98 Å². The second kappa shape index (κ2) is 6.77. The molecule has 24 heavy (non-hydrogen) atoms. The topological polar surface area (TPSA) is 107 Å². The third-order valence-electron chi connectivity index (χ3n) is 3.33. The highest BCUT2D eigenvalue weighted by atomic mass is 32.1. The van der Waals surface area contributed by atoms with E-state index in [0.29, 0.717) is 10.2 Å². The van der Waals surface area contributed by atoms with Crippen molar-refractivity contribution in [3.63, 3.8) is 0 Å². The summed E-state index contributed by atoms with van der Waals surface area (Å²) in [5.41, 5.74) is -0.319. The highest BCUT2D eigenvalue weighted by Gasteiger charge is 2.12. The molecule has 0 unspecified atom stereocenters. The lowest BCUT2D eigenvalue weighted by Crippen LogP contribution is -2.30. The van der Waals surface area contributed by atoms with Crippen molar-refractivity contribution in [1.29, 1.82) is 0 Å². The van der Waals surface area contributed by atoms with Crippen molar-refractivity contribution in [3.8, 4) is 5.75 Å². The number of aromatic nitrogens is 2. The van der Waals surface area contributed by atoms with Crippen LogP contribution in [0.1, 0.15) is 0 Å². The molecule has 0 saturated carbocycles. The van der Waals surface area contributed by atoms with E-state index in [0.717, 1.165) is 0 Å². The third-order valence-corrected chi connectivity index (χ3v) is 4.15. The summed E-state index contributed by atoms with van der Waals surface area (Å²) in [4.78, 5) is 27.2. The normalized spacial score (nSPS) is 12.2. The zero-order chi connectivity index (χ0) is 17.1. The van der Waals surface area contributed by atoms with Crippen LogP contribution >= 0.6 is 11.3 Å². The largest absolute Gasteiger partial charge is 0.491 e. The summed E-state index contributed by atoms with van der Waals surface area (Å²) in [7, 11) is 0. The van der Waals surface area contributed by atoms with Crippen molar-refractivity contribution in [1.82, 2.24) is 9.55 Å². The van der Waals surface area contributed by atoms with Crippen LogP contribution in [0.5, 0.6) is 5.75 Å². The van der Waals surface area contributed by atoms with E-state index in [-0.39, 0.29) is 30.1 Å². The van der Waals surface area contributed by atoms with Crippen LogP contribution in [0.15, 0.2) is 46.8 Å². The first-order valence-corrected chi connectivity index (χ1v) is 7.90. The summed E-state index contributed by atoms with van der Waals surface area (Å²) in [6.45, 7) is -0.0815. The Balaban J connectivity index is 1.66. The molecule has 0 aliphatic carbocycles. The Hall–Kier alpha value is -2.78. The molecule has 124 valence electrons. The Bertz CT molecular complexity index is 936. The second-order valence-corrected chi connectivity index (χ2v) is 5.96. The van der Waals surface area contributed by atoms with Crippen LogP contribution in [-0.2, 0) is 6.54 Å². The Morgan fingerprint density at radius 2 is 2.25 bits per heavy atom. The van der Waals surface area contributed by atoms with E-state index in [2.05, 4.69) is 4.98 Å². The molecular formula is C15H13N3O5S. The van der Waals surface area contributed by atoms with E-state index in [1.54, 1.807) is 17.5 Å². The number of nitrogens with zero attached hydrogens (tertiary/aromatic N) is 3. The van der Waals surface area contributed by atoms with Crippen LogP contribution in [-0.4, -0.2) is 32.3 Å². The van der Waals surface area contributed by atoms with Gasteiger partial charge in [-0.3, -0.25) is 19.5 Å². The third kappa shape index (κ3) is 3.42. The minimum Gasteiger partial charge on any atom is -0.491 e. The predicted octanol–water partition coefficient (Wildman–Crippen LogP) is 1.81. The van der Waals surface area contributed by atoms with E-state index in [9.17, 15) is 20.0 Å². The number of nitro benzene ring substituents is 1. The second-order valence-electron chi connectivity index (χ2n) is 5.06. The zero-order valence-electron chi connectivity index (χ0n) is 12.4. The van der Waals surface area contributed by atoms with Gasteiger partial charge in [-0.2, -0.15) is 0 Å². The number of fused-ring (bicyclic) bond motifs is 1. The molecule has 2 aromatic heterocycles. The minimum atomic E-state index is -0.958. The first-order chi connectivity index (χ1) is 11.5. The number of hydrogen-bond donors (Lipinski definition) is 1. The van der Waals surface area contributed by atoms with Gasteiger partial charge >= 0.3 is 0 Å². The van der Waals surface area contributed by atoms with Gasteiger partial charge < -0.3 is 9.84 Å². The van der Waals surface area contributed by atoms with Crippen molar-refractivity contribution in [2.24, 2.45) is 0 Å². The molecular weight excluding hydrogens is 334 g/mol. The maximum absolute atomic E-state index is 12.2. The van der Waals surface area contributed by atoms with Crippen molar-refractivity contribution < 1.29 is 14.8 Å². The highest BCUT2D eigenvalue weighted by Crippen LogP contribution is 2.19. The van der Waals surface area contributed by atoms with Gasteiger partial charge in [0.1, 0.15) is 23.3 Å². The van der Waals surface area contributed by atoms with Gasteiger partial charge in [-0.1, -0.05) is 6.07 Å². The van der Waals surface area contributed by atoms with Crippen LogP contribution in [0.25, 0.3) is 10.2 Å². The molecule has 0 fully saturated rings. The lowest BCUT2D eigenvalue weighted by atomic mass is 10.3. The highest BCUT2D eigenvalue weighted by molar-refractivity contribution is 7.16. The molecule has 0 saturated heterocycles. The predicted molar refractivity (Wildman–Crippen MR) is 88.5 cm³/mol. The molecule has 8 nitrogen and oxygen atoms in total. The Kier molecular flexibility index (Phi) is 4.54. The maximum atomic E-state index is 12.2. The average molecular weight is 347 g/mol. The molecule has 9 heteroatoms. The number of benzene rings is 1. The van der Waals surface area contributed by atoms with E-state index in [4.69, 9.17) is 4.74 Å². The molecule has 3 rings (SSSR count). The fourth-order valence-corrected chi connectivity index (χ4v) is 2.91. The summed E-state index contributed by atoms with van der Waals surface area (Å²) in [5.74, 6) is 0.280. The molecule has 1 aromatic carbocycles. The number of ether oxygens (including phenoxy) is 1. The van der Waals surface area contributed by atoms with Crippen molar-refractivity contribution >= 4 is 27.2 Å². The minimum absolute atomic E-state index is 0.0204. The first kappa shape index (κ1) is 16.1. The number of aliphatic hydroxyl groups excluding tert-OH is 1. The van der Waals surface area contributed by atoms with E-state index >= 15 is 0 Å². The Labute approximate surface area is 139 Å². The number of non-ortho nitro benzene ring substituents is 1. The Morgan fingerprint density at radius 3 is 3.04 bits per heavy atom. The fraction of sp³-hybridized carbons (Fsp3) is 0.200. The van der Waals surface area contributed by atoms with E-state index < -0.39 is 11.0 Å². The number of rotatable bonds is 6. The van der Waals surface area contributed by atoms with E-state index in [1.165, 1.54) is 40.4 Å². The SMILES string of the molecule is O=c1c2ccsc2ncn1C[C@@H](O)COc1cccc([N+](=O)[O-])c1. The van der Waals surface area contributed by atoms with Gasteiger partial charge in [-0.05, 0) is 17.5 Å². The molecule has 0 radical (unpaired) electrons. The monoisotopic (exact) mass is 347 g/mol. The summed E-state index contributed by atoms with van der Waals surface area (Å²) in [5, 5.41) is 23.0. The molecule has 1 N–H and O–H groups in total. The van der Waals surface area contributed by atoms with Crippen molar-refractivity contribution in [3.05, 3.63) is 62.5 Å².